The first-order valence-corrected chi connectivity index (χ1v) is 4.80. The normalized spacial score (nSPS) is 17.0. The predicted octanol–water partition coefficient (Wildman–Crippen LogP) is 2.25. The van der Waals surface area contributed by atoms with Crippen LogP contribution in [0.15, 0.2) is 24.3 Å². The van der Waals surface area contributed by atoms with Gasteiger partial charge in [-0.2, -0.15) is 0 Å². The molecule has 0 aliphatic carbocycles. The highest BCUT2D eigenvalue weighted by Gasteiger charge is 2.20. The van der Waals surface area contributed by atoms with Crippen LogP contribution in [0.3, 0.4) is 0 Å². The molecule has 1 N–H and O–H groups in total. The van der Waals surface area contributed by atoms with E-state index in [2.05, 4.69) is 23.1 Å². The molecule has 2 nitrogen and oxygen atoms in total. The summed E-state index contributed by atoms with van der Waals surface area (Å²) in [6, 6.07) is 3.73. The molecule has 0 aromatic heterocycles. The number of hydrogen-bond donors (Lipinski definition) is 1. The molecule has 0 spiro atoms. The molecule has 0 radical (unpaired) electrons. The van der Waals surface area contributed by atoms with E-state index in [4.69, 9.17) is 0 Å². The highest BCUT2D eigenvalue weighted by atomic mass is 16.3. The molecule has 0 saturated carbocycles. The molecule has 3 rings (SSSR count). The van der Waals surface area contributed by atoms with E-state index in [1.165, 1.54) is 11.3 Å². The zero-order chi connectivity index (χ0) is 9.54. The average Bonchev–Trinajstić information content (AvgIpc) is 2.24. The maximum absolute atomic E-state index is 9.72. The van der Waals surface area contributed by atoms with E-state index < -0.39 is 0 Å². The minimum atomic E-state index is 0.375. The third-order valence-electron chi connectivity index (χ3n) is 2.78. The fourth-order valence-corrected chi connectivity index (χ4v) is 2.13. The predicted molar refractivity (Wildman–Crippen MR) is 58.4 cm³/mol. The molecule has 2 heterocycles. The molecule has 0 amide bonds. The second kappa shape index (κ2) is 2.64. The second-order valence-corrected chi connectivity index (χ2v) is 3.65. The number of aromatic hydroxyl groups is 1. The SMILES string of the molecule is Oc1ccc2c3c1C=CCN3CC=C2. The lowest BCUT2D eigenvalue weighted by Crippen LogP contribution is -2.28. The van der Waals surface area contributed by atoms with Crippen LogP contribution in [0.1, 0.15) is 11.1 Å². The van der Waals surface area contributed by atoms with Crippen LogP contribution in [-0.4, -0.2) is 18.2 Å². The largest absolute Gasteiger partial charge is 0.507 e. The Bertz CT molecular complexity index is 446. The van der Waals surface area contributed by atoms with Crippen molar-refractivity contribution in [1.29, 1.82) is 0 Å². The molecular formula is C12H11NO. The monoisotopic (exact) mass is 185 g/mol. The first-order valence-electron chi connectivity index (χ1n) is 4.80. The van der Waals surface area contributed by atoms with Gasteiger partial charge in [-0.25, -0.2) is 0 Å². The van der Waals surface area contributed by atoms with Gasteiger partial charge in [-0.05, 0) is 17.7 Å². The summed E-state index contributed by atoms with van der Waals surface area (Å²) in [5.74, 6) is 0.375. The van der Waals surface area contributed by atoms with Crippen LogP contribution in [0.25, 0.3) is 12.2 Å². The van der Waals surface area contributed by atoms with Crippen molar-refractivity contribution in [3.8, 4) is 5.75 Å². The number of benzene rings is 1. The number of anilines is 1. The van der Waals surface area contributed by atoms with Gasteiger partial charge in [-0.15, -0.1) is 0 Å². The van der Waals surface area contributed by atoms with Gasteiger partial charge in [0.05, 0.1) is 5.69 Å². The zero-order valence-corrected chi connectivity index (χ0v) is 7.77. The molecule has 14 heavy (non-hydrogen) atoms. The van der Waals surface area contributed by atoms with E-state index in [9.17, 15) is 5.11 Å². The van der Waals surface area contributed by atoms with Crippen LogP contribution < -0.4 is 4.90 Å². The molecule has 70 valence electrons. The Morgan fingerprint density at radius 3 is 2.71 bits per heavy atom. The molecule has 1 aromatic rings. The molecule has 0 fully saturated rings. The fraction of sp³-hybridized carbons (Fsp3) is 0.167. The van der Waals surface area contributed by atoms with Crippen molar-refractivity contribution in [3.05, 3.63) is 35.4 Å². The van der Waals surface area contributed by atoms with E-state index in [1.807, 2.05) is 12.1 Å². The standard InChI is InChI=1S/C12H11NO/c14-11-6-5-9-3-1-7-13-8-2-4-10(11)12(9)13/h1-6,14H,7-8H2. The van der Waals surface area contributed by atoms with E-state index >= 15 is 0 Å². The van der Waals surface area contributed by atoms with Crippen molar-refractivity contribution in [1.82, 2.24) is 0 Å². The molecule has 2 heteroatoms. The lowest BCUT2D eigenvalue weighted by Gasteiger charge is -2.31. The first kappa shape index (κ1) is 7.68. The van der Waals surface area contributed by atoms with Crippen LogP contribution in [0.2, 0.25) is 0 Å². The van der Waals surface area contributed by atoms with Crippen LogP contribution in [0.4, 0.5) is 5.69 Å². The number of phenolic OH excluding ortho intramolecular Hbond substituents is 1. The quantitative estimate of drug-likeness (QED) is 0.670. The summed E-state index contributed by atoms with van der Waals surface area (Å²) in [5, 5.41) is 9.72. The molecule has 0 saturated heterocycles. The molecule has 2 aliphatic heterocycles. The molecule has 2 aliphatic rings. The number of rotatable bonds is 0. The molecule has 0 atom stereocenters. The average molecular weight is 185 g/mol. The van der Waals surface area contributed by atoms with Gasteiger partial charge < -0.3 is 10.0 Å². The van der Waals surface area contributed by atoms with Gasteiger partial charge in [0.2, 0.25) is 0 Å². The lowest BCUT2D eigenvalue weighted by atomic mass is 9.98. The lowest BCUT2D eigenvalue weighted by molar-refractivity contribution is 0.473. The highest BCUT2D eigenvalue weighted by Crippen LogP contribution is 2.38. The number of hydrogen-bond acceptors (Lipinski definition) is 2. The van der Waals surface area contributed by atoms with Crippen molar-refractivity contribution >= 4 is 17.8 Å². The van der Waals surface area contributed by atoms with Gasteiger partial charge in [-0.3, -0.25) is 0 Å². The van der Waals surface area contributed by atoms with Crippen molar-refractivity contribution in [3.63, 3.8) is 0 Å². The fourth-order valence-electron chi connectivity index (χ4n) is 2.13. The van der Waals surface area contributed by atoms with Crippen LogP contribution >= 0.6 is 0 Å². The summed E-state index contributed by atoms with van der Waals surface area (Å²) in [6.45, 7) is 1.88. The van der Waals surface area contributed by atoms with Crippen LogP contribution in [-0.2, 0) is 0 Å². The summed E-state index contributed by atoms with van der Waals surface area (Å²) in [7, 11) is 0. The summed E-state index contributed by atoms with van der Waals surface area (Å²) < 4.78 is 0. The molecule has 1 aromatic carbocycles. The molecular weight excluding hydrogens is 174 g/mol. The Balaban J connectivity index is 2.34. The summed E-state index contributed by atoms with van der Waals surface area (Å²) in [6.07, 6.45) is 8.37. The highest BCUT2D eigenvalue weighted by molar-refractivity contribution is 5.85. The number of phenols is 1. The minimum Gasteiger partial charge on any atom is -0.507 e. The summed E-state index contributed by atoms with van der Waals surface area (Å²) >= 11 is 0. The topological polar surface area (TPSA) is 23.5 Å². The Hall–Kier alpha value is -1.70. The third kappa shape index (κ3) is 0.909. The third-order valence-corrected chi connectivity index (χ3v) is 2.78. The smallest absolute Gasteiger partial charge is 0.124 e. The van der Waals surface area contributed by atoms with Crippen molar-refractivity contribution in [2.45, 2.75) is 0 Å². The van der Waals surface area contributed by atoms with Gasteiger partial charge in [0.15, 0.2) is 0 Å². The Labute approximate surface area is 82.8 Å². The molecule has 0 unspecified atom stereocenters. The summed E-state index contributed by atoms with van der Waals surface area (Å²) in [4.78, 5) is 2.27. The van der Waals surface area contributed by atoms with Gasteiger partial charge >= 0.3 is 0 Å². The molecule has 0 bridgehead atoms. The van der Waals surface area contributed by atoms with Crippen molar-refractivity contribution < 1.29 is 5.11 Å². The zero-order valence-electron chi connectivity index (χ0n) is 7.77. The first-order chi connectivity index (χ1) is 6.86. The van der Waals surface area contributed by atoms with Crippen LogP contribution in [0.5, 0.6) is 5.75 Å². The van der Waals surface area contributed by atoms with Gasteiger partial charge in [-0.1, -0.05) is 24.3 Å². The van der Waals surface area contributed by atoms with Gasteiger partial charge in [0, 0.05) is 18.7 Å². The van der Waals surface area contributed by atoms with Gasteiger partial charge in [0.25, 0.3) is 0 Å². The minimum absolute atomic E-state index is 0.375. The summed E-state index contributed by atoms with van der Waals surface area (Å²) in [5.41, 5.74) is 3.33. The second-order valence-electron chi connectivity index (χ2n) is 3.65. The number of nitrogens with zero attached hydrogens (tertiary/aromatic N) is 1. The maximum atomic E-state index is 9.72. The van der Waals surface area contributed by atoms with E-state index in [-0.39, 0.29) is 0 Å². The van der Waals surface area contributed by atoms with Crippen molar-refractivity contribution in [2.24, 2.45) is 0 Å². The Morgan fingerprint density at radius 1 is 1.07 bits per heavy atom. The Morgan fingerprint density at radius 2 is 1.86 bits per heavy atom. The van der Waals surface area contributed by atoms with Crippen LogP contribution in [0, 0.1) is 0 Å². The van der Waals surface area contributed by atoms with E-state index in [0.29, 0.717) is 5.75 Å². The van der Waals surface area contributed by atoms with E-state index in [1.54, 1.807) is 6.07 Å². The van der Waals surface area contributed by atoms with Gasteiger partial charge in [0.1, 0.15) is 5.75 Å². The Kier molecular flexibility index (Phi) is 1.45. The van der Waals surface area contributed by atoms with E-state index in [0.717, 1.165) is 18.7 Å². The van der Waals surface area contributed by atoms with Crippen molar-refractivity contribution in [2.75, 3.05) is 18.0 Å². The maximum Gasteiger partial charge on any atom is 0.124 e.